The van der Waals surface area contributed by atoms with Crippen molar-refractivity contribution in [1.29, 1.82) is 0 Å². The van der Waals surface area contributed by atoms with Gasteiger partial charge in [0, 0.05) is 17.3 Å². The van der Waals surface area contributed by atoms with Gasteiger partial charge >= 0.3 is 12.4 Å². The highest BCUT2D eigenvalue weighted by Crippen LogP contribution is 2.37. The first-order chi connectivity index (χ1) is 17.9. The molecule has 3 aromatic carbocycles. The lowest BCUT2D eigenvalue weighted by atomic mass is 10.1. The van der Waals surface area contributed by atoms with Gasteiger partial charge in [-0.25, -0.2) is 8.42 Å². The quantitative estimate of drug-likeness (QED) is 0.297. The highest BCUT2D eigenvalue weighted by atomic mass is 35.5. The molecule has 3 rings (SSSR count). The Balaban J connectivity index is 2.01. The van der Waals surface area contributed by atoms with E-state index in [2.05, 4.69) is 0 Å². The third kappa shape index (κ3) is 7.52. The molecule has 210 valence electrons. The molecule has 0 saturated carbocycles. The summed E-state index contributed by atoms with van der Waals surface area (Å²) in [6, 6.07) is 9.97. The Labute approximate surface area is 226 Å². The van der Waals surface area contributed by atoms with Gasteiger partial charge in [0.05, 0.1) is 22.6 Å². The molecule has 0 aliphatic rings. The van der Waals surface area contributed by atoms with E-state index in [0.717, 1.165) is 9.87 Å². The average molecular weight is 593 g/mol. The third-order valence-electron chi connectivity index (χ3n) is 5.67. The maximum atomic E-state index is 13.7. The number of hydrogen-bond donors (Lipinski definition) is 1. The average Bonchev–Trinajstić information content (AvgIpc) is 2.77. The summed E-state index contributed by atoms with van der Waals surface area (Å²) >= 11 is 5.90. The van der Waals surface area contributed by atoms with E-state index < -0.39 is 51.6 Å². The van der Waals surface area contributed by atoms with Gasteiger partial charge in [0.15, 0.2) is 0 Å². The minimum atomic E-state index is -5.12. The van der Waals surface area contributed by atoms with Crippen molar-refractivity contribution in [2.45, 2.75) is 44.6 Å². The van der Waals surface area contributed by atoms with Gasteiger partial charge in [0.25, 0.3) is 0 Å². The largest absolute Gasteiger partial charge is 0.416 e. The van der Waals surface area contributed by atoms with Crippen molar-refractivity contribution in [2.75, 3.05) is 11.9 Å². The van der Waals surface area contributed by atoms with E-state index in [9.17, 15) is 39.6 Å². The Morgan fingerprint density at radius 2 is 1.33 bits per heavy atom. The van der Waals surface area contributed by atoms with E-state index in [4.69, 9.17) is 11.6 Å². The van der Waals surface area contributed by atoms with Crippen molar-refractivity contribution in [3.8, 4) is 0 Å². The van der Waals surface area contributed by atoms with Crippen molar-refractivity contribution >= 4 is 33.2 Å². The molecule has 0 spiro atoms. The van der Waals surface area contributed by atoms with Crippen LogP contribution in [-0.4, -0.2) is 25.2 Å². The van der Waals surface area contributed by atoms with Gasteiger partial charge in [-0.15, -0.1) is 0 Å². The van der Waals surface area contributed by atoms with Crippen LogP contribution in [0.5, 0.6) is 0 Å². The summed E-state index contributed by atoms with van der Waals surface area (Å²) in [5.74, 6) is -1.14. The van der Waals surface area contributed by atoms with E-state index in [1.54, 1.807) is 32.9 Å². The molecule has 3 aromatic rings. The van der Waals surface area contributed by atoms with Gasteiger partial charge < -0.3 is 5.32 Å². The van der Waals surface area contributed by atoms with E-state index in [0.29, 0.717) is 33.8 Å². The second kappa shape index (κ2) is 11.2. The smallest absolute Gasteiger partial charge is 0.325 e. The molecule has 13 heteroatoms. The number of hydrogen-bond acceptors (Lipinski definition) is 3. The number of carbonyl (C=O) groups excluding carboxylic acids is 1. The van der Waals surface area contributed by atoms with Crippen LogP contribution in [0.3, 0.4) is 0 Å². The van der Waals surface area contributed by atoms with Gasteiger partial charge in [0.2, 0.25) is 15.9 Å². The maximum Gasteiger partial charge on any atom is 0.416 e. The Bertz CT molecular complexity index is 1430. The Kier molecular flexibility index (Phi) is 8.73. The van der Waals surface area contributed by atoms with Crippen LogP contribution >= 0.6 is 11.6 Å². The molecule has 39 heavy (non-hydrogen) atoms. The maximum absolute atomic E-state index is 13.7. The van der Waals surface area contributed by atoms with Crippen molar-refractivity contribution in [3.63, 3.8) is 0 Å². The van der Waals surface area contributed by atoms with Crippen LogP contribution in [0.2, 0.25) is 5.02 Å². The van der Waals surface area contributed by atoms with E-state index in [1.165, 1.54) is 24.3 Å². The number of benzene rings is 3. The summed E-state index contributed by atoms with van der Waals surface area (Å²) in [7, 11) is -4.36. The Morgan fingerprint density at radius 3 is 1.79 bits per heavy atom. The number of nitrogens with zero attached hydrogens (tertiary/aromatic N) is 1. The molecule has 1 N–H and O–H groups in total. The van der Waals surface area contributed by atoms with Gasteiger partial charge in [-0.05, 0) is 67.8 Å². The van der Waals surface area contributed by atoms with Gasteiger partial charge in [-0.3, -0.25) is 4.79 Å². The third-order valence-corrected chi connectivity index (χ3v) is 8.02. The number of anilines is 1. The predicted molar refractivity (Wildman–Crippen MR) is 135 cm³/mol. The number of carbonyl (C=O) groups is 1. The first-order valence-electron chi connectivity index (χ1n) is 11.3. The molecule has 0 bridgehead atoms. The second-order valence-corrected chi connectivity index (χ2v) is 11.3. The molecule has 1 amide bonds. The van der Waals surface area contributed by atoms with Crippen LogP contribution in [0.1, 0.15) is 33.4 Å². The van der Waals surface area contributed by atoms with Crippen LogP contribution in [0.25, 0.3) is 0 Å². The molecule has 0 saturated heterocycles. The minimum absolute atomic E-state index is 0.0618. The van der Waals surface area contributed by atoms with Crippen molar-refractivity contribution in [2.24, 2.45) is 0 Å². The summed E-state index contributed by atoms with van der Waals surface area (Å²) in [4.78, 5) is 12.8. The molecule has 0 unspecified atom stereocenters. The molecule has 0 aromatic heterocycles. The van der Waals surface area contributed by atoms with E-state index >= 15 is 0 Å². The predicted octanol–water partition coefficient (Wildman–Crippen LogP) is 7.13. The molecule has 0 aliphatic carbocycles. The fourth-order valence-electron chi connectivity index (χ4n) is 4.11. The molecule has 5 nitrogen and oxygen atoms in total. The van der Waals surface area contributed by atoms with Crippen LogP contribution in [0, 0.1) is 20.8 Å². The molecule has 0 atom stereocenters. The monoisotopic (exact) mass is 592 g/mol. The lowest BCUT2D eigenvalue weighted by molar-refractivity contribution is -0.143. The van der Waals surface area contributed by atoms with Crippen molar-refractivity contribution < 1.29 is 39.6 Å². The fourth-order valence-corrected chi connectivity index (χ4v) is 6.03. The zero-order chi connectivity index (χ0) is 29.3. The summed E-state index contributed by atoms with van der Waals surface area (Å²) in [6.45, 7) is 3.72. The molecule has 0 fully saturated rings. The highest BCUT2D eigenvalue weighted by Gasteiger charge is 2.37. The van der Waals surface area contributed by atoms with Crippen LogP contribution in [0.15, 0.2) is 59.5 Å². The lowest BCUT2D eigenvalue weighted by Crippen LogP contribution is -2.38. The number of halogens is 7. The fraction of sp³-hybridized carbons (Fsp3) is 0.269. The zero-order valence-corrected chi connectivity index (χ0v) is 22.4. The summed E-state index contributed by atoms with van der Waals surface area (Å²) in [5, 5.41) is 2.36. The first-order valence-corrected chi connectivity index (χ1v) is 13.1. The lowest BCUT2D eigenvalue weighted by Gasteiger charge is -2.24. The standard InChI is InChI=1S/C26H23ClF6N2O3S/c1-15-8-16(2)24(17(3)9-15)39(37,38)35(13-18-4-6-21(27)7-5-18)14-23(36)34-22-11-19(25(28,29)30)10-20(12-22)26(31,32)33/h4-12H,13-14H2,1-3H3,(H,34,36). The van der Waals surface area contributed by atoms with Crippen molar-refractivity contribution in [3.05, 3.63) is 93.0 Å². The normalized spacial score (nSPS) is 12.6. The number of sulfonamides is 1. The zero-order valence-electron chi connectivity index (χ0n) is 20.8. The van der Waals surface area contributed by atoms with Gasteiger partial charge in [-0.2, -0.15) is 30.6 Å². The van der Waals surface area contributed by atoms with Crippen molar-refractivity contribution in [1.82, 2.24) is 4.31 Å². The van der Waals surface area contributed by atoms with Crippen LogP contribution < -0.4 is 5.32 Å². The second-order valence-electron chi connectivity index (χ2n) is 8.97. The van der Waals surface area contributed by atoms with E-state index in [1.807, 2.05) is 5.32 Å². The summed E-state index contributed by atoms with van der Waals surface area (Å²) < 4.78 is 108. The number of amides is 1. The van der Waals surface area contributed by atoms with Gasteiger partial charge in [-0.1, -0.05) is 41.4 Å². The number of alkyl halides is 6. The summed E-state index contributed by atoms with van der Waals surface area (Å²) in [6.07, 6.45) is -10.2. The number of nitrogens with one attached hydrogen (secondary N) is 1. The number of aryl methyl sites for hydroxylation is 3. The van der Waals surface area contributed by atoms with Crippen LogP contribution in [-0.2, 0) is 33.7 Å². The van der Waals surface area contributed by atoms with E-state index in [-0.39, 0.29) is 17.5 Å². The Morgan fingerprint density at radius 1 is 0.846 bits per heavy atom. The minimum Gasteiger partial charge on any atom is -0.325 e. The SMILES string of the molecule is Cc1cc(C)c(S(=O)(=O)N(CC(=O)Nc2cc(C(F)(F)F)cc(C(F)(F)F)c2)Cc2ccc(Cl)cc2)c(C)c1. The van der Waals surface area contributed by atoms with Crippen LogP contribution in [0.4, 0.5) is 32.0 Å². The number of rotatable bonds is 7. The molecule has 0 heterocycles. The first kappa shape index (κ1) is 30.5. The molecule has 0 radical (unpaired) electrons. The molecule has 0 aliphatic heterocycles. The topological polar surface area (TPSA) is 66.5 Å². The summed E-state index contributed by atoms with van der Waals surface area (Å²) in [5.41, 5.74) is -1.97. The Hall–Kier alpha value is -3.09. The van der Waals surface area contributed by atoms with Gasteiger partial charge in [0.1, 0.15) is 0 Å². The molecular formula is C26H23ClF6N2O3S. The molecular weight excluding hydrogens is 570 g/mol. The highest BCUT2D eigenvalue weighted by molar-refractivity contribution is 7.89.